The van der Waals surface area contributed by atoms with E-state index in [0.29, 0.717) is 0 Å². The highest BCUT2D eigenvalue weighted by Gasteiger charge is 2.06. The van der Waals surface area contributed by atoms with Gasteiger partial charge in [0.15, 0.2) is 11.6 Å². The fourth-order valence-electron chi connectivity index (χ4n) is 1.65. The van der Waals surface area contributed by atoms with Crippen molar-refractivity contribution in [3.05, 3.63) is 42.2 Å². The third kappa shape index (κ3) is 1.70. The number of H-pyrrole nitrogens is 1. The second-order valence-corrected chi connectivity index (χ2v) is 3.58. The minimum Gasteiger partial charge on any atom is -0.461 e. The largest absolute Gasteiger partial charge is 0.461 e. The summed E-state index contributed by atoms with van der Waals surface area (Å²) in [6, 6.07) is 9.88. The van der Waals surface area contributed by atoms with Crippen LogP contribution in [0, 0.1) is 6.92 Å². The van der Waals surface area contributed by atoms with Crippen LogP contribution in [0.2, 0.25) is 0 Å². The number of aromatic nitrogens is 2. The van der Waals surface area contributed by atoms with Gasteiger partial charge in [0.25, 0.3) is 0 Å². The molecule has 4 heteroatoms. The summed E-state index contributed by atoms with van der Waals surface area (Å²) in [5, 5.41) is 0. The Bertz CT molecular complexity index is 599. The van der Waals surface area contributed by atoms with Crippen LogP contribution in [0.5, 0.6) is 0 Å². The highest BCUT2D eigenvalue weighted by molar-refractivity contribution is 5.85. The lowest BCUT2D eigenvalue weighted by Crippen LogP contribution is -1.74. The molecule has 16 heavy (non-hydrogen) atoms. The van der Waals surface area contributed by atoms with Gasteiger partial charge in [-0.1, -0.05) is 6.07 Å². The number of fused-ring (bicyclic) bond motifs is 1. The number of hydrogen-bond acceptors (Lipinski definition) is 2. The first kappa shape index (κ1) is 10.8. The van der Waals surface area contributed by atoms with Gasteiger partial charge in [0.2, 0.25) is 0 Å². The van der Waals surface area contributed by atoms with Crippen LogP contribution in [0.4, 0.5) is 0 Å². The molecule has 2 heterocycles. The summed E-state index contributed by atoms with van der Waals surface area (Å²) in [4.78, 5) is 7.68. The van der Waals surface area contributed by atoms with Gasteiger partial charge in [0, 0.05) is 0 Å². The van der Waals surface area contributed by atoms with E-state index >= 15 is 0 Å². The molecule has 1 aromatic carbocycles. The number of nitrogens with one attached hydrogen (secondary N) is 1. The zero-order valence-corrected chi connectivity index (χ0v) is 9.54. The summed E-state index contributed by atoms with van der Waals surface area (Å²) >= 11 is 0. The van der Waals surface area contributed by atoms with Gasteiger partial charge in [-0.05, 0) is 36.8 Å². The first-order valence-electron chi connectivity index (χ1n) is 4.83. The lowest BCUT2D eigenvalue weighted by atomic mass is 10.2. The van der Waals surface area contributed by atoms with E-state index in [1.54, 1.807) is 6.26 Å². The van der Waals surface area contributed by atoms with E-state index in [2.05, 4.69) is 29.0 Å². The average molecular weight is 235 g/mol. The van der Waals surface area contributed by atoms with Gasteiger partial charge in [0.1, 0.15) is 0 Å². The fourth-order valence-corrected chi connectivity index (χ4v) is 1.65. The number of furan rings is 1. The normalized spacial score (nSPS) is 10.3. The van der Waals surface area contributed by atoms with Crippen molar-refractivity contribution in [2.75, 3.05) is 0 Å². The van der Waals surface area contributed by atoms with Crippen LogP contribution in [0.25, 0.3) is 22.6 Å². The van der Waals surface area contributed by atoms with Gasteiger partial charge in [0.05, 0.1) is 17.3 Å². The van der Waals surface area contributed by atoms with Crippen molar-refractivity contribution in [2.45, 2.75) is 6.92 Å². The molecular formula is C12H11ClN2O. The number of imidazole rings is 1. The van der Waals surface area contributed by atoms with Crippen LogP contribution in [0.15, 0.2) is 41.0 Å². The van der Waals surface area contributed by atoms with Gasteiger partial charge in [-0.2, -0.15) is 0 Å². The summed E-state index contributed by atoms with van der Waals surface area (Å²) in [6.07, 6.45) is 1.65. The summed E-state index contributed by atoms with van der Waals surface area (Å²) in [6.45, 7) is 2.06. The molecule has 0 radical (unpaired) electrons. The van der Waals surface area contributed by atoms with Crippen molar-refractivity contribution in [2.24, 2.45) is 0 Å². The second-order valence-electron chi connectivity index (χ2n) is 3.58. The Hall–Kier alpha value is -1.74. The maximum Gasteiger partial charge on any atom is 0.174 e. The van der Waals surface area contributed by atoms with E-state index in [-0.39, 0.29) is 12.4 Å². The Morgan fingerprint density at radius 2 is 2.12 bits per heavy atom. The predicted octanol–water partition coefficient (Wildman–Crippen LogP) is 3.55. The Kier molecular flexibility index (Phi) is 2.71. The number of nitrogens with zero attached hydrogens (tertiary/aromatic N) is 1. The molecule has 3 aromatic rings. The maximum absolute atomic E-state index is 5.29. The van der Waals surface area contributed by atoms with E-state index in [1.807, 2.05) is 18.2 Å². The highest BCUT2D eigenvalue weighted by atomic mass is 35.5. The number of aryl methyl sites for hydroxylation is 1. The molecule has 0 saturated carbocycles. The Labute approximate surface area is 98.9 Å². The lowest BCUT2D eigenvalue weighted by Gasteiger charge is -1.89. The smallest absolute Gasteiger partial charge is 0.174 e. The number of hydrogen-bond donors (Lipinski definition) is 1. The van der Waals surface area contributed by atoms with Gasteiger partial charge in [-0.25, -0.2) is 4.98 Å². The Morgan fingerprint density at radius 3 is 2.88 bits per heavy atom. The van der Waals surface area contributed by atoms with Crippen molar-refractivity contribution in [1.29, 1.82) is 0 Å². The number of benzene rings is 1. The summed E-state index contributed by atoms with van der Waals surface area (Å²) in [7, 11) is 0. The number of rotatable bonds is 1. The van der Waals surface area contributed by atoms with Crippen molar-refractivity contribution in [1.82, 2.24) is 9.97 Å². The van der Waals surface area contributed by atoms with Crippen LogP contribution in [0.3, 0.4) is 0 Å². The Morgan fingerprint density at radius 1 is 1.25 bits per heavy atom. The molecule has 0 fully saturated rings. The first-order valence-corrected chi connectivity index (χ1v) is 4.83. The molecule has 0 aliphatic carbocycles. The van der Waals surface area contributed by atoms with Gasteiger partial charge in [-0.15, -0.1) is 12.4 Å². The van der Waals surface area contributed by atoms with E-state index in [1.165, 1.54) is 5.56 Å². The van der Waals surface area contributed by atoms with Crippen LogP contribution >= 0.6 is 12.4 Å². The molecule has 1 N–H and O–H groups in total. The predicted molar refractivity (Wildman–Crippen MR) is 65.8 cm³/mol. The molecule has 0 bridgehead atoms. The third-order valence-corrected chi connectivity index (χ3v) is 2.39. The van der Waals surface area contributed by atoms with Gasteiger partial charge >= 0.3 is 0 Å². The minimum absolute atomic E-state index is 0. The van der Waals surface area contributed by atoms with E-state index in [0.717, 1.165) is 22.6 Å². The summed E-state index contributed by atoms with van der Waals surface area (Å²) in [5.74, 6) is 1.55. The molecule has 3 nitrogen and oxygen atoms in total. The van der Waals surface area contributed by atoms with Crippen molar-refractivity contribution in [3.63, 3.8) is 0 Å². The van der Waals surface area contributed by atoms with Crippen molar-refractivity contribution in [3.8, 4) is 11.6 Å². The minimum atomic E-state index is 0. The topological polar surface area (TPSA) is 41.8 Å². The van der Waals surface area contributed by atoms with Gasteiger partial charge < -0.3 is 9.40 Å². The molecule has 0 saturated heterocycles. The molecule has 82 valence electrons. The molecule has 0 aliphatic heterocycles. The van der Waals surface area contributed by atoms with Crippen molar-refractivity contribution >= 4 is 23.4 Å². The highest BCUT2D eigenvalue weighted by Crippen LogP contribution is 2.21. The monoisotopic (exact) mass is 234 g/mol. The number of aromatic amines is 1. The first-order chi connectivity index (χ1) is 7.33. The second kappa shape index (κ2) is 4.02. The van der Waals surface area contributed by atoms with Crippen molar-refractivity contribution < 1.29 is 4.42 Å². The summed E-state index contributed by atoms with van der Waals surface area (Å²) in [5.41, 5.74) is 3.23. The Balaban J connectivity index is 0.000000963. The lowest BCUT2D eigenvalue weighted by molar-refractivity contribution is 0.578. The quantitative estimate of drug-likeness (QED) is 0.700. The zero-order valence-electron chi connectivity index (χ0n) is 8.73. The molecule has 0 spiro atoms. The van der Waals surface area contributed by atoms with E-state index in [4.69, 9.17) is 4.42 Å². The molecular weight excluding hydrogens is 224 g/mol. The average Bonchev–Trinajstić information content (AvgIpc) is 2.84. The van der Waals surface area contributed by atoms with Crippen LogP contribution in [-0.2, 0) is 0 Å². The maximum atomic E-state index is 5.29. The van der Waals surface area contributed by atoms with Gasteiger partial charge in [-0.3, -0.25) is 0 Å². The zero-order chi connectivity index (χ0) is 10.3. The molecule has 2 aromatic heterocycles. The molecule has 0 atom stereocenters. The van der Waals surface area contributed by atoms with Crippen LogP contribution in [0.1, 0.15) is 5.56 Å². The SMILES string of the molecule is Cc1ccc2nc(-c3ccco3)[nH]c2c1.Cl. The third-order valence-electron chi connectivity index (χ3n) is 2.39. The van der Waals surface area contributed by atoms with E-state index < -0.39 is 0 Å². The molecule has 0 unspecified atom stereocenters. The fraction of sp³-hybridized carbons (Fsp3) is 0.0833. The standard InChI is InChI=1S/C12H10N2O.ClH/c1-8-4-5-9-10(7-8)14-12(13-9)11-3-2-6-15-11;/h2-7H,1H3,(H,13,14);1H. The summed E-state index contributed by atoms with van der Waals surface area (Å²) < 4.78 is 5.29. The number of halogens is 1. The molecule has 0 amide bonds. The van der Waals surface area contributed by atoms with E-state index in [9.17, 15) is 0 Å². The van der Waals surface area contributed by atoms with Crippen LogP contribution < -0.4 is 0 Å². The molecule has 0 aliphatic rings. The van der Waals surface area contributed by atoms with Crippen LogP contribution in [-0.4, -0.2) is 9.97 Å². The molecule has 3 rings (SSSR count).